The van der Waals surface area contributed by atoms with E-state index in [0.29, 0.717) is 0 Å². The molecule has 0 amide bonds. The van der Waals surface area contributed by atoms with Crippen LogP contribution < -0.4 is 5.32 Å². The molecule has 1 N–H and O–H groups in total. The van der Waals surface area contributed by atoms with Crippen molar-refractivity contribution in [2.75, 3.05) is 53.2 Å². The molecule has 0 bridgehead atoms. The quantitative estimate of drug-likeness (QED) is 0.631. The maximum absolute atomic E-state index is 5.74. The van der Waals surface area contributed by atoms with Crippen LogP contribution in [0.15, 0.2) is 0 Å². The number of nitrogens with one attached hydrogen (secondary N) is 1. The van der Waals surface area contributed by atoms with Crippen molar-refractivity contribution in [2.45, 2.75) is 25.7 Å². The third-order valence-electron chi connectivity index (χ3n) is 3.95. The third-order valence-corrected chi connectivity index (χ3v) is 3.95. The number of methoxy groups -OCH3 is 1. The van der Waals surface area contributed by atoms with Crippen LogP contribution in [-0.2, 0) is 9.47 Å². The highest BCUT2D eigenvalue weighted by Crippen LogP contribution is 2.28. The Morgan fingerprint density at radius 3 is 2.56 bits per heavy atom. The second kappa shape index (κ2) is 8.10. The van der Waals surface area contributed by atoms with Crippen LogP contribution in [0.1, 0.15) is 25.7 Å². The van der Waals surface area contributed by atoms with E-state index in [1.807, 2.05) is 0 Å². The van der Waals surface area contributed by atoms with Gasteiger partial charge in [0.25, 0.3) is 0 Å². The molecule has 4 nitrogen and oxygen atoms in total. The van der Waals surface area contributed by atoms with E-state index in [2.05, 4.69) is 10.2 Å². The van der Waals surface area contributed by atoms with Gasteiger partial charge in [-0.1, -0.05) is 0 Å². The number of piperidine rings is 1. The van der Waals surface area contributed by atoms with Crippen molar-refractivity contribution in [2.24, 2.45) is 11.8 Å². The largest absolute Gasteiger partial charge is 0.383 e. The first-order valence-electron chi connectivity index (χ1n) is 7.38. The number of rotatable bonds is 9. The molecule has 0 aromatic carbocycles. The average Bonchev–Trinajstić information content (AvgIpc) is 3.21. The molecule has 1 aliphatic carbocycles. The molecule has 2 rings (SSSR count). The van der Waals surface area contributed by atoms with E-state index in [9.17, 15) is 0 Å². The van der Waals surface area contributed by atoms with Gasteiger partial charge < -0.3 is 14.8 Å². The predicted octanol–water partition coefficient (Wildman–Crippen LogP) is 1.32. The predicted molar refractivity (Wildman–Crippen MR) is 72.6 cm³/mol. The summed E-state index contributed by atoms with van der Waals surface area (Å²) in [6, 6.07) is 0. The monoisotopic (exact) mass is 256 g/mol. The molecule has 1 heterocycles. The lowest BCUT2D eigenvalue weighted by Crippen LogP contribution is -2.39. The first kappa shape index (κ1) is 14.3. The molecule has 0 unspecified atom stereocenters. The molecule has 106 valence electrons. The van der Waals surface area contributed by atoms with Gasteiger partial charge in [-0.15, -0.1) is 0 Å². The Kier molecular flexibility index (Phi) is 6.41. The van der Waals surface area contributed by atoms with E-state index in [-0.39, 0.29) is 0 Å². The van der Waals surface area contributed by atoms with E-state index in [1.54, 1.807) is 7.11 Å². The molecule has 0 radical (unpaired) electrons. The van der Waals surface area contributed by atoms with Crippen LogP contribution in [0.25, 0.3) is 0 Å². The Balaban J connectivity index is 1.45. The van der Waals surface area contributed by atoms with Gasteiger partial charge in [0, 0.05) is 26.7 Å². The minimum absolute atomic E-state index is 0.813. The Hall–Kier alpha value is -0.160. The fourth-order valence-corrected chi connectivity index (χ4v) is 2.43. The summed E-state index contributed by atoms with van der Waals surface area (Å²) >= 11 is 0. The normalized spacial score (nSPS) is 22.5. The molecule has 2 fully saturated rings. The zero-order chi connectivity index (χ0) is 12.6. The molecule has 1 aliphatic heterocycles. The minimum Gasteiger partial charge on any atom is -0.383 e. The van der Waals surface area contributed by atoms with Crippen LogP contribution in [-0.4, -0.2) is 58.1 Å². The van der Waals surface area contributed by atoms with Crippen LogP contribution in [0.2, 0.25) is 0 Å². The maximum atomic E-state index is 5.74. The van der Waals surface area contributed by atoms with Crippen LogP contribution in [0.3, 0.4) is 0 Å². The number of likely N-dealkylation sites (tertiary alicyclic amines) is 1. The summed E-state index contributed by atoms with van der Waals surface area (Å²) < 4.78 is 10.8. The first-order chi connectivity index (χ1) is 8.88. The van der Waals surface area contributed by atoms with Gasteiger partial charge in [0.1, 0.15) is 0 Å². The van der Waals surface area contributed by atoms with Gasteiger partial charge in [0.15, 0.2) is 0 Å². The van der Waals surface area contributed by atoms with Gasteiger partial charge in [-0.05, 0) is 44.1 Å². The van der Waals surface area contributed by atoms with E-state index in [4.69, 9.17) is 9.47 Å². The highest BCUT2D eigenvalue weighted by atomic mass is 16.5. The van der Waals surface area contributed by atoms with Crippen molar-refractivity contribution in [3.05, 3.63) is 0 Å². The van der Waals surface area contributed by atoms with E-state index in [1.165, 1.54) is 38.8 Å². The molecular formula is C14H28N2O2. The van der Waals surface area contributed by atoms with Crippen molar-refractivity contribution in [1.82, 2.24) is 10.2 Å². The summed E-state index contributed by atoms with van der Waals surface area (Å²) in [5.74, 6) is 1.72. The lowest BCUT2D eigenvalue weighted by atomic mass is 9.97. The fraction of sp³-hybridized carbons (Fsp3) is 1.00. The molecule has 0 atom stereocenters. The van der Waals surface area contributed by atoms with Gasteiger partial charge in [-0.3, -0.25) is 4.90 Å². The zero-order valence-corrected chi connectivity index (χ0v) is 11.7. The second-order valence-corrected chi connectivity index (χ2v) is 5.70. The lowest BCUT2D eigenvalue weighted by molar-refractivity contribution is 0.00638. The Morgan fingerprint density at radius 1 is 1.11 bits per heavy atom. The molecule has 0 spiro atoms. The van der Waals surface area contributed by atoms with Gasteiger partial charge in [-0.25, -0.2) is 0 Å². The standard InChI is InChI=1S/C14H28N2O2/c1-17-9-6-15-10-13-4-7-16(8-5-13)12-18-11-14-2-3-14/h13-15H,2-12H2,1H3. The smallest absolute Gasteiger partial charge is 0.0990 e. The lowest BCUT2D eigenvalue weighted by Gasteiger charge is -2.31. The topological polar surface area (TPSA) is 33.7 Å². The van der Waals surface area contributed by atoms with Crippen molar-refractivity contribution < 1.29 is 9.47 Å². The summed E-state index contributed by atoms with van der Waals surface area (Å²) in [6.45, 7) is 7.15. The Bertz CT molecular complexity index is 214. The summed E-state index contributed by atoms with van der Waals surface area (Å²) in [5.41, 5.74) is 0. The fourth-order valence-electron chi connectivity index (χ4n) is 2.43. The summed E-state index contributed by atoms with van der Waals surface area (Å²) in [4.78, 5) is 2.45. The van der Waals surface area contributed by atoms with Crippen LogP contribution >= 0.6 is 0 Å². The zero-order valence-electron chi connectivity index (χ0n) is 11.7. The van der Waals surface area contributed by atoms with Gasteiger partial charge in [0.2, 0.25) is 0 Å². The number of hydrogen-bond acceptors (Lipinski definition) is 4. The SMILES string of the molecule is COCCNCC1CCN(COCC2CC2)CC1. The van der Waals surface area contributed by atoms with Crippen LogP contribution in [0.4, 0.5) is 0 Å². The van der Waals surface area contributed by atoms with E-state index >= 15 is 0 Å². The molecule has 0 aromatic heterocycles. The highest BCUT2D eigenvalue weighted by Gasteiger charge is 2.22. The Morgan fingerprint density at radius 2 is 1.89 bits per heavy atom. The minimum atomic E-state index is 0.813. The summed E-state index contributed by atoms with van der Waals surface area (Å²) in [6.07, 6.45) is 5.37. The summed E-state index contributed by atoms with van der Waals surface area (Å²) in [7, 11) is 1.75. The number of nitrogens with zero attached hydrogens (tertiary/aromatic N) is 1. The van der Waals surface area contributed by atoms with Crippen molar-refractivity contribution in [3.8, 4) is 0 Å². The van der Waals surface area contributed by atoms with Crippen molar-refractivity contribution in [1.29, 1.82) is 0 Å². The highest BCUT2D eigenvalue weighted by molar-refractivity contribution is 4.74. The van der Waals surface area contributed by atoms with Gasteiger partial charge in [0.05, 0.1) is 19.9 Å². The molecule has 2 aliphatic rings. The molecule has 0 aromatic rings. The van der Waals surface area contributed by atoms with Gasteiger partial charge in [-0.2, -0.15) is 0 Å². The molecule has 1 saturated heterocycles. The first-order valence-corrected chi connectivity index (χ1v) is 7.38. The number of ether oxygens (including phenoxy) is 2. The Labute approximate surface area is 111 Å². The molecule has 1 saturated carbocycles. The molecule has 18 heavy (non-hydrogen) atoms. The van der Waals surface area contributed by atoms with E-state index < -0.39 is 0 Å². The van der Waals surface area contributed by atoms with Crippen molar-refractivity contribution >= 4 is 0 Å². The van der Waals surface area contributed by atoms with E-state index in [0.717, 1.165) is 44.9 Å². The maximum Gasteiger partial charge on any atom is 0.0990 e. The molecular weight excluding hydrogens is 228 g/mol. The van der Waals surface area contributed by atoms with Crippen LogP contribution in [0, 0.1) is 11.8 Å². The molecule has 4 heteroatoms. The number of hydrogen-bond donors (Lipinski definition) is 1. The van der Waals surface area contributed by atoms with Crippen molar-refractivity contribution in [3.63, 3.8) is 0 Å². The summed E-state index contributed by atoms with van der Waals surface area (Å²) in [5, 5.41) is 3.46. The second-order valence-electron chi connectivity index (χ2n) is 5.70. The van der Waals surface area contributed by atoms with Crippen LogP contribution in [0.5, 0.6) is 0 Å². The third kappa shape index (κ3) is 5.65. The average molecular weight is 256 g/mol. The van der Waals surface area contributed by atoms with Gasteiger partial charge >= 0.3 is 0 Å².